The summed E-state index contributed by atoms with van der Waals surface area (Å²) in [6.45, 7) is 9.39. The van der Waals surface area contributed by atoms with Crippen molar-refractivity contribution in [1.29, 1.82) is 0 Å². The molecule has 26 heavy (non-hydrogen) atoms. The van der Waals surface area contributed by atoms with Crippen molar-refractivity contribution in [2.45, 2.75) is 58.9 Å². The highest BCUT2D eigenvalue weighted by molar-refractivity contribution is 5.79. The maximum atomic E-state index is 12.4. The summed E-state index contributed by atoms with van der Waals surface area (Å²) in [6.07, 6.45) is -0.683. The minimum atomic E-state index is -0.581. The van der Waals surface area contributed by atoms with Crippen molar-refractivity contribution >= 4 is 11.9 Å². The Balaban J connectivity index is 1.78. The second kappa shape index (κ2) is 7.00. The first-order valence-corrected chi connectivity index (χ1v) is 9.08. The summed E-state index contributed by atoms with van der Waals surface area (Å²) in [5.74, 6) is -0.735. The van der Waals surface area contributed by atoms with Crippen molar-refractivity contribution in [1.82, 2.24) is 5.06 Å². The van der Waals surface area contributed by atoms with Gasteiger partial charge in [0.05, 0.1) is 17.4 Å². The average molecular weight is 361 g/mol. The van der Waals surface area contributed by atoms with Gasteiger partial charge < -0.3 is 9.47 Å². The maximum absolute atomic E-state index is 12.4. The van der Waals surface area contributed by atoms with Crippen LogP contribution in [-0.2, 0) is 23.9 Å². The normalized spacial score (nSPS) is 30.0. The molecule has 3 rings (SSSR count). The summed E-state index contributed by atoms with van der Waals surface area (Å²) < 4.78 is 10.9. The van der Waals surface area contributed by atoms with Gasteiger partial charge in [0.25, 0.3) is 0 Å². The zero-order valence-corrected chi connectivity index (χ0v) is 16.0. The number of hydrogen-bond donors (Lipinski definition) is 0. The number of carbonyl (C=O) groups excluding carboxylic acids is 2. The van der Waals surface area contributed by atoms with E-state index in [1.807, 2.05) is 65.0 Å². The van der Waals surface area contributed by atoms with E-state index in [1.54, 1.807) is 5.06 Å². The van der Waals surface area contributed by atoms with Gasteiger partial charge in [-0.2, -0.15) is 5.06 Å². The fraction of sp³-hybridized carbons (Fsp3) is 0.600. The van der Waals surface area contributed by atoms with Crippen LogP contribution in [0.4, 0.5) is 0 Å². The first-order chi connectivity index (χ1) is 12.2. The number of nitrogens with zero attached hydrogens (tertiary/aromatic N) is 1. The molecule has 2 aliphatic rings. The van der Waals surface area contributed by atoms with Gasteiger partial charge in [-0.05, 0) is 40.2 Å². The van der Waals surface area contributed by atoms with Gasteiger partial charge >= 0.3 is 11.9 Å². The highest BCUT2D eigenvalue weighted by Gasteiger charge is 2.57. The molecule has 6 nitrogen and oxygen atoms in total. The zero-order chi connectivity index (χ0) is 19.1. The number of rotatable bonds is 4. The quantitative estimate of drug-likeness (QED) is 0.769. The van der Waals surface area contributed by atoms with Crippen LogP contribution in [-0.4, -0.2) is 41.9 Å². The molecule has 142 valence electrons. The van der Waals surface area contributed by atoms with Crippen LogP contribution in [0.5, 0.6) is 0 Å². The minimum absolute atomic E-state index is 0.107. The van der Waals surface area contributed by atoms with Gasteiger partial charge in [-0.25, -0.2) is 0 Å². The van der Waals surface area contributed by atoms with Crippen LogP contribution in [0.25, 0.3) is 0 Å². The lowest BCUT2D eigenvalue weighted by Crippen LogP contribution is -2.37. The van der Waals surface area contributed by atoms with Gasteiger partial charge in [0.1, 0.15) is 24.9 Å². The number of carbonyl (C=O) groups is 2. The van der Waals surface area contributed by atoms with Crippen molar-refractivity contribution in [3.05, 3.63) is 35.9 Å². The Hall–Kier alpha value is -1.92. The van der Waals surface area contributed by atoms with E-state index in [4.69, 9.17) is 14.3 Å². The monoisotopic (exact) mass is 361 g/mol. The molecule has 0 bridgehead atoms. The van der Waals surface area contributed by atoms with Gasteiger partial charge in [0.2, 0.25) is 0 Å². The van der Waals surface area contributed by atoms with E-state index in [0.717, 1.165) is 5.56 Å². The molecule has 0 aliphatic carbocycles. The third kappa shape index (κ3) is 3.48. The SMILES string of the molecule is C[C@@H]1OC(=O)[C@H]2[C@@H]1[C@H](COC(=O)C(C)(C)C)ON2[C@H](C)c1ccccc1. The summed E-state index contributed by atoms with van der Waals surface area (Å²) >= 11 is 0. The van der Waals surface area contributed by atoms with E-state index >= 15 is 0 Å². The van der Waals surface area contributed by atoms with E-state index in [2.05, 4.69) is 0 Å². The van der Waals surface area contributed by atoms with E-state index in [9.17, 15) is 9.59 Å². The van der Waals surface area contributed by atoms with Gasteiger partial charge in [-0.15, -0.1) is 0 Å². The molecule has 2 heterocycles. The van der Waals surface area contributed by atoms with Crippen LogP contribution < -0.4 is 0 Å². The molecule has 0 amide bonds. The minimum Gasteiger partial charge on any atom is -0.462 e. The number of ether oxygens (including phenoxy) is 2. The Morgan fingerprint density at radius 3 is 2.54 bits per heavy atom. The molecule has 0 radical (unpaired) electrons. The lowest BCUT2D eigenvalue weighted by atomic mass is 9.92. The summed E-state index contributed by atoms with van der Waals surface area (Å²) in [6, 6.07) is 9.25. The van der Waals surface area contributed by atoms with Crippen LogP contribution in [0.1, 0.15) is 46.2 Å². The molecule has 6 heteroatoms. The first kappa shape index (κ1) is 18.9. The Morgan fingerprint density at radius 2 is 1.92 bits per heavy atom. The number of benzene rings is 1. The average Bonchev–Trinajstić information content (AvgIpc) is 3.11. The van der Waals surface area contributed by atoms with E-state index in [1.165, 1.54) is 0 Å². The van der Waals surface area contributed by atoms with Crippen LogP contribution in [0.2, 0.25) is 0 Å². The molecule has 0 spiro atoms. The van der Waals surface area contributed by atoms with Crippen LogP contribution >= 0.6 is 0 Å². The van der Waals surface area contributed by atoms with Crippen molar-refractivity contribution in [3.63, 3.8) is 0 Å². The predicted octanol–water partition coefficient (Wildman–Crippen LogP) is 2.88. The summed E-state index contributed by atoms with van der Waals surface area (Å²) in [5, 5.41) is 1.71. The van der Waals surface area contributed by atoms with Crippen LogP contribution in [0, 0.1) is 11.3 Å². The number of fused-ring (bicyclic) bond motifs is 1. The van der Waals surface area contributed by atoms with Gasteiger partial charge in [0.15, 0.2) is 0 Å². The van der Waals surface area contributed by atoms with Gasteiger partial charge in [-0.3, -0.25) is 14.4 Å². The lowest BCUT2D eigenvalue weighted by molar-refractivity contribution is -0.212. The highest BCUT2D eigenvalue weighted by atomic mass is 16.7. The van der Waals surface area contributed by atoms with E-state index in [0.29, 0.717) is 0 Å². The molecule has 5 atom stereocenters. The van der Waals surface area contributed by atoms with Crippen molar-refractivity contribution in [3.8, 4) is 0 Å². The molecule has 0 aromatic heterocycles. The molecular weight excluding hydrogens is 334 g/mol. The van der Waals surface area contributed by atoms with E-state index < -0.39 is 17.6 Å². The summed E-state index contributed by atoms with van der Waals surface area (Å²) in [4.78, 5) is 30.6. The second-order valence-corrected chi connectivity index (χ2v) is 8.10. The van der Waals surface area contributed by atoms with Gasteiger partial charge in [-0.1, -0.05) is 30.3 Å². The zero-order valence-electron chi connectivity index (χ0n) is 16.0. The fourth-order valence-electron chi connectivity index (χ4n) is 3.54. The summed E-state index contributed by atoms with van der Waals surface area (Å²) in [7, 11) is 0. The smallest absolute Gasteiger partial charge is 0.326 e. The van der Waals surface area contributed by atoms with Crippen molar-refractivity contribution in [2.75, 3.05) is 6.61 Å². The topological polar surface area (TPSA) is 65.1 Å². The van der Waals surface area contributed by atoms with Gasteiger partial charge in [0, 0.05) is 0 Å². The molecular formula is C20H27NO5. The highest BCUT2D eigenvalue weighted by Crippen LogP contribution is 2.42. The molecule has 2 fully saturated rings. The Labute approximate surface area is 154 Å². The Bertz CT molecular complexity index is 669. The van der Waals surface area contributed by atoms with Crippen LogP contribution in [0.15, 0.2) is 30.3 Å². The molecule has 2 aliphatic heterocycles. The lowest BCUT2D eigenvalue weighted by Gasteiger charge is -2.27. The fourth-order valence-corrected chi connectivity index (χ4v) is 3.54. The summed E-state index contributed by atoms with van der Waals surface area (Å²) in [5.41, 5.74) is 0.466. The molecule has 1 aromatic rings. The van der Waals surface area contributed by atoms with E-state index in [-0.39, 0.29) is 36.6 Å². The standard InChI is InChI=1S/C20H27NO5/c1-12(14-9-7-6-8-10-14)21-17-16(13(2)25-18(17)22)15(26-21)11-24-19(23)20(3,4)5/h6-10,12-13,15-17H,11H2,1-5H3/t12-,13+,15+,16+,17-/m1/s1. The number of cyclic esters (lactones) is 1. The molecule has 1 aromatic carbocycles. The van der Waals surface area contributed by atoms with Crippen molar-refractivity contribution < 1.29 is 23.9 Å². The third-order valence-corrected chi connectivity index (χ3v) is 5.07. The Morgan fingerprint density at radius 1 is 1.27 bits per heavy atom. The number of hydrogen-bond acceptors (Lipinski definition) is 6. The number of esters is 2. The second-order valence-electron chi connectivity index (χ2n) is 8.10. The first-order valence-electron chi connectivity index (χ1n) is 9.08. The molecule has 0 unspecified atom stereocenters. The third-order valence-electron chi connectivity index (χ3n) is 5.07. The predicted molar refractivity (Wildman–Crippen MR) is 94.8 cm³/mol. The largest absolute Gasteiger partial charge is 0.462 e. The molecule has 0 saturated carbocycles. The number of hydroxylamine groups is 2. The van der Waals surface area contributed by atoms with Crippen LogP contribution in [0.3, 0.4) is 0 Å². The molecule has 0 N–H and O–H groups in total. The maximum Gasteiger partial charge on any atom is 0.326 e. The van der Waals surface area contributed by atoms with Crippen molar-refractivity contribution in [2.24, 2.45) is 11.3 Å². The molecule has 2 saturated heterocycles. The Kier molecular flexibility index (Phi) is 5.08.